The number of hydrogen-bond acceptors (Lipinski definition) is 5. The van der Waals surface area contributed by atoms with Crippen molar-refractivity contribution in [2.75, 3.05) is 33.4 Å². The fourth-order valence-corrected chi connectivity index (χ4v) is 2.64. The molecule has 0 saturated heterocycles. The van der Waals surface area contributed by atoms with Crippen LogP contribution in [-0.4, -0.2) is 54.6 Å². The van der Waals surface area contributed by atoms with Gasteiger partial charge >= 0.3 is 0 Å². The molecular weight excluding hydrogens is 318 g/mol. The van der Waals surface area contributed by atoms with E-state index in [-0.39, 0.29) is 13.2 Å². The highest BCUT2D eigenvalue weighted by molar-refractivity contribution is 5.27. The summed E-state index contributed by atoms with van der Waals surface area (Å²) < 4.78 is 10.8. The third-order valence-corrected chi connectivity index (χ3v) is 3.85. The van der Waals surface area contributed by atoms with Crippen molar-refractivity contribution in [3.63, 3.8) is 0 Å². The molecule has 0 radical (unpaired) electrons. The number of nitrogens with zero attached hydrogens (tertiary/aromatic N) is 1. The van der Waals surface area contributed by atoms with Gasteiger partial charge in [0.15, 0.2) is 0 Å². The molecule has 5 nitrogen and oxygen atoms in total. The standard InChI is InChI=1S/C20H27NO4/c1-24-20-9-5-8-18(12-20)15-25-16-19(23)14-21(10-11-22)13-17-6-3-2-4-7-17/h2-9,12,19,22-23H,10-11,13-16H2,1H3/t19-/m1/s1. The summed E-state index contributed by atoms with van der Waals surface area (Å²) >= 11 is 0. The topological polar surface area (TPSA) is 62.2 Å². The van der Waals surface area contributed by atoms with E-state index in [1.54, 1.807) is 7.11 Å². The van der Waals surface area contributed by atoms with Gasteiger partial charge in [0.1, 0.15) is 5.75 Å². The van der Waals surface area contributed by atoms with Crippen LogP contribution in [0.3, 0.4) is 0 Å². The van der Waals surface area contributed by atoms with Gasteiger partial charge in [-0.05, 0) is 23.3 Å². The fourth-order valence-electron chi connectivity index (χ4n) is 2.64. The Balaban J connectivity index is 1.77. The molecule has 0 aliphatic heterocycles. The molecule has 5 heteroatoms. The Morgan fingerprint density at radius 3 is 2.52 bits per heavy atom. The monoisotopic (exact) mass is 345 g/mol. The lowest BCUT2D eigenvalue weighted by Crippen LogP contribution is -2.36. The van der Waals surface area contributed by atoms with Crippen molar-refractivity contribution in [2.24, 2.45) is 0 Å². The first kappa shape index (κ1) is 19.4. The van der Waals surface area contributed by atoms with E-state index in [0.717, 1.165) is 16.9 Å². The summed E-state index contributed by atoms with van der Waals surface area (Å²) in [5.41, 5.74) is 2.16. The summed E-state index contributed by atoms with van der Waals surface area (Å²) in [6.45, 7) is 2.38. The normalized spacial score (nSPS) is 12.3. The van der Waals surface area contributed by atoms with Crippen molar-refractivity contribution < 1.29 is 19.7 Å². The van der Waals surface area contributed by atoms with Crippen LogP contribution < -0.4 is 4.74 Å². The minimum atomic E-state index is -0.610. The Kier molecular flexibility index (Phi) is 8.42. The number of ether oxygens (including phenoxy) is 2. The zero-order valence-electron chi connectivity index (χ0n) is 14.7. The molecule has 0 aromatic heterocycles. The molecule has 2 rings (SSSR count). The fraction of sp³-hybridized carbons (Fsp3) is 0.400. The van der Waals surface area contributed by atoms with E-state index in [1.807, 2.05) is 59.5 Å². The molecule has 0 bridgehead atoms. The lowest BCUT2D eigenvalue weighted by molar-refractivity contribution is 0.00616. The van der Waals surface area contributed by atoms with Crippen molar-refractivity contribution in [3.8, 4) is 5.75 Å². The van der Waals surface area contributed by atoms with E-state index >= 15 is 0 Å². The molecule has 0 heterocycles. The van der Waals surface area contributed by atoms with Crippen molar-refractivity contribution in [1.29, 1.82) is 0 Å². The van der Waals surface area contributed by atoms with E-state index in [4.69, 9.17) is 9.47 Å². The average Bonchev–Trinajstić information content (AvgIpc) is 2.63. The zero-order chi connectivity index (χ0) is 17.9. The van der Waals surface area contributed by atoms with Crippen LogP contribution in [0.4, 0.5) is 0 Å². The highest BCUT2D eigenvalue weighted by Crippen LogP contribution is 2.13. The average molecular weight is 345 g/mol. The number of hydrogen-bond donors (Lipinski definition) is 2. The maximum Gasteiger partial charge on any atom is 0.119 e. The summed E-state index contributed by atoms with van der Waals surface area (Å²) in [5, 5.41) is 19.5. The van der Waals surface area contributed by atoms with Gasteiger partial charge in [-0.15, -0.1) is 0 Å². The van der Waals surface area contributed by atoms with Crippen molar-refractivity contribution >= 4 is 0 Å². The molecule has 2 N–H and O–H groups in total. The summed E-state index contributed by atoms with van der Waals surface area (Å²) in [6, 6.07) is 17.7. The minimum Gasteiger partial charge on any atom is -0.497 e. The van der Waals surface area contributed by atoms with Crippen LogP contribution in [0, 0.1) is 0 Å². The van der Waals surface area contributed by atoms with Crippen LogP contribution in [0.25, 0.3) is 0 Å². The summed E-state index contributed by atoms with van der Waals surface area (Å²) in [4.78, 5) is 2.02. The molecule has 0 aliphatic rings. The zero-order valence-corrected chi connectivity index (χ0v) is 14.7. The van der Waals surface area contributed by atoms with Crippen LogP contribution in [0.5, 0.6) is 5.75 Å². The van der Waals surface area contributed by atoms with Crippen LogP contribution in [-0.2, 0) is 17.9 Å². The minimum absolute atomic E-state index is 0.0597. The Morgan fingerprint density at radius 2 is 1.80 bits per heavy atom. The Hall–Kier alpha value is -1.92. The van der Waals surface area contributed by atoms with Gasteiger partial charge in [-0.25, -0.2) is 0 Å². The van der Waals surface area contributed by atoms with Crippen LogP contribution in [0.1, 0.15) is 11.1 Å². The van der Waals surface area contributed by atoms with Crippen LogP contribution in [0.2, 0.25) is 0 Å². The lowest BCUT2D eigenvalue weighted by Gasteiger charge is -2.24. The lowest BCUT2D eigenvalue weighted by atomic mass is 10.2. The third-order valence-electron chi connectivity index (χ3n) is 3.85. The molecule has 1 atom stereocenters. The van der Waals surface area contributed by atoms with Gasteiger partial charge in [-0.1, -0.05) is 42.5 Å². The predicted molar refractivity (Wildman–Crippen MR) is 97.5 cm³/mol. The number of aliphatic hydroxyl groups excluding tert-OH is 2. The second-order valence-electron chi connectivity index (χ2n) is 5.96. The van der Waals surface area contributed by atoms with Gasteiger partial charge in [0, 0.05) is 19.6 Å². The quantitative estimate of drug-likeness (QED) is 0.653. The summed E-state index contributed by atoms with van der Waals surface area (Å²) in [7, 11) is 1.63. The Labute approximate surface area is 149 Å². The first-order valence-corrected chi connectivity index (χ1v) is 8.47. The van der Waals surface area contributed by atoms with E-state index in [2.05, 4.69) is 0 Å². The van der Waals surface area contributed by atoms with Gasteiger partial charge in [0.05, 0.1) is 33.0 Å². The van der Waals surface area contributed by atoms with Gasteiger partial charge < -0.3 is 19.7 Å². The van der Waals surface area contributed by atoms with Crippen LogP contribution >= 0.6 is 0 Å². The number of benzene rings is 2. The molecule has 0 spiro atoms. The molecule has 0 aliphatic carbocycles. The van der Waals surface area contributed by atoms with E-state index < -0.39 is 6.10 Å². The first-order valence-electron chi connectivity index (χ1n) is 8.47. The van der Waals surface area contributed by atoms with Gasteiger partial charge in [0.25, 0.3) is 0 Å². The highest BCUT2D eigenvalue weighted by atomic mass is 16.5. The van der Waals surface area contributed by atoms with Gasteiger partial charge in [-0.3, -0.25) is 4.90 Å². The Morgan fingerprint density at radius 1 is 1.04 bits per heavy atom. The van der Waals surface area contributed by atoms with Crippen molar-refractivity contribution in [3.05, 3.63) is 65.7 Å². The smallest absolute Gasteiger partial charge is 0.119 e. The second-order valence-corrected chi connectivity index (χ2v) is 5.96. The van der Waals surface area contributed by atoms with Gasteiger partial charge in [-0.2, -0.15) is 0 Å². The largest absolute Gasteiger partial charge is 0.497 e. The molecule has 25 heavy (non-hydrogen) atoms. The molecular formula is C20H27NO4. The number of rotatable bonds is 11. The van der Waals surface area contributed by atoms with Crippen molar-refractivity contribution in [1.82, 2.24) is 4.90 Å². The summed E-state index contributed by atoms with van der Waals surface area (Å²) in [6.07, 6.45) is -0.610. The Bertz CT molecular complexity index is 606. The first-order chi connectivity index (χ1) is 12.2. The molecule has 2 aromatic rings. The third kappa shape index (κ3) is 7.23. The predicted octanol–water partition coefficient (Wildman–Crippen LogP) is 2.07. The molecule has 0 fully saturated rings. The summed E-state index contributed by atoms with van der Waals surface area (Å²) in [5.74, 6) is 0.790. The highest BCUT2D eigenvalue weighted by Gasteiger charge is 2.12. The molecule has 136 valence electrons. The molecule has 0 amide bonds. The van der Waals surface area contributed by atoms with E-state index in [9.17, 15) is 10.2 Å². The second kappa shape index (κ2) is 10.8. The van der Waals surface area contributed by atoms with Crippen molar-refractivity contribution in [2.45, 2.75) is 19.3 Å². The van der Waals surface area contributed by atoms with Crippen LogP contribution in [0.15, 0.2) is 54.6 Å². The molecule has 2 aromatic carbocycles. The number of methoxy groups -OCH3 is 1. The van der Waals surface area contributed by atoms with Gasteiger partial charge in [0.2, 0.25) is 0 Å². The maximum absolute atomic E-state index is 10.2. The molecule has 0 unspecified atom stereocenters. The number of aliphatic hydroxyl groups is 2. The molecule has 0 saturated carbocycles. The van der Waals surface area contributed by atoms with E-state index in [0.29, 0.717) is 26.2 Å². The van der Waals surface area contributed by atoms with E-state index in [1.165, 1.54) is 0 Å². The maximum atomic E-state index is 10.2. The SMILES string of the molecule is COc1cccc(COC[C@H](O)CN(CCO)Cc2ccccc2)c1.